The first-order chi connectivity index (χ1) is 24.9. The van der Waals surface area contributed by atoms with E-state index in [4.69, 9.17) is 9.47 Å². The highest BCUT2D eigenvalue weighted by Crippen LogP contribution is 2.55. The van der Waals surface area contributed by atoms with Crippen molar-refractivity contribution in [3.8, 4) is 23.0 Å². The van der Waals surface area contributed by atoms with E-state index in [0.717, 1.165) is 22.7 Å². The molecule has 0 amide bonds. The Morgan fingerprint density at radius 2 is 0.784 bits per heavy atom. The number of hydrogen-bond acceptors (Lipinski definition) is 7. The summed E-state index contributed by atoms with van der Waals surface area (Å²) in [4.78, 5) is 4.01. The second-order valence-electron chi connectivity index (χ2n) is 12.5. The van der Waals surface area contributed by atoms with Crippen molar-refractivity contribution in [2.24, 2.45) is 0 Å². The van der Waals surface area contributed by atoms with E-state index in [0.29, 0.717) is 39.7 Å². The van der Waals surface area contributed by atoms with Crippen LogP contribution in [-0.4, -0.2) is 8.42 Å². The van der Waals surface area contributed by atoms with Gasteiger partial charge in [0.05, 0.1) is 32.5 Å². The van der Waals surface area contributed by atoms with Gasteiger partial charge in [0.15, 0.2) is 30.1 Å². The van der Waals surface area contributed by atoms with Crippen LogP contribution in [0.15, 0.2) is 174 Å². The van der Waals surface area contributed by atoms with Gasteiger partial charge in [-0.15, -0.1) is 0 Å². The van der Waals surface area contributed by atoms with Crippen molar-refractivity contribution < 1.29 is 22.5 Å². The molecule has 3 aliphatic rings. The quantitative estimate of drug-likeness (QED) is 0.170. The SMILES string of the molecule is O=P1(c2ccccc2)c2ccc(N3c4ccccc4Oc4ccccc43)cc2S(=O)(=O)c2cc(N3c4ccccc4Oc4ccccc43)ccc21. The fourth-order valence-electron chi connectivity index (χ4n) is 7.36. The van der Waals surface area contributed by atoms with Gasteiger partial charge < -0.3 is 23.8 Å². The van der Waals surface area contributed by atoms with Crippen LogP contribution in [0.25, 0.3) is 0 Å². The zero-order valence-electron chi connectivity index (χ0n) is 26.9. The normalized spacial score (nSPS) is 15.5. The zero-order valence-corrected chi connectivity index (χ0v) is 28.6. The molecule has 0 spiro atoms. The van der Waals surface area contributed by atoms with Crippen molar-refractivity contribution in [2.45, 2.75) is 9.79 Å². The Labute approximate surface area is 294 Å². The highest BCUT2D eigenvalue weighted by atomic mass is 32.2. The highest BCUT2D eigenvalue weighted by molar-refractivity contribution is 7.96. The van der Waals surface area contributed by atoms with E-state index in [1.807, 2.05) is 149 Å². The molecule has 0 bridgehead atoms. The van der Waals surface area contributed by atoms with Gasteiger partial charge in [-0.25, -0.2) is 8.42 Å². The van der Waals surface area contributed by atoms with Crippen LogP contribution in [0.3, 0.4) is 0 Å². The third-order valence-corrected chi connectivity index (χ3v) is 14.9. The molecule has 51 heavy (non-hydrogen) atoms. The predicted octanol–water partition coefficient (Wildman–Crippen LogP) is 9.62. The van der Waals surface area contributed by atoms with Gasteiger partial charge in [0.1, 0.15) is 0 Å². The number of anilines is 6. The molecular weight excluding hydrogens is 676 g/mol. The molecule has 0 atom stereocenters. The lowest BCUT2D eigenvalue weighted by atomic mass is 10.1. The molecule has 0 saturated carbocycles. The number of rotatable bonds is 3. The van der Waals surface area contributed by atoms with Crippen molar-refractivity contribution >= 4 is 67.0 Å². The van der Waals surface area contributed by atoms with Crippen LogP contribution < -0.4 is 35.2 Å². The van der Waals surface area contributed by atoms with Gasteiger partial charge in [-0.1, -0.05) is 78.9 Å². The van der Waals surface area contributed by atoms with Gasteiger partial charge in [0, 0.05) is 27.3 Å². The summed E-state index contributed by atoms with van der Waals surface area (Å²) in [5.74, 6) is 2.58. The Bertz CT molecular complexity index is 2480. The average molecular weight is 703 g/mol. The summed E-state index contributed by atoms with van der Waals surface area (Å²) in [6, 6.07) is 50.2. The minimum absolute atomic E-state index is 0.0149. The molecule has 9 heteroatoms. The summed E-state index contributed by atoms with van der Waals surface area (Å²) in [5, 5.41) is 1.14. The molecule has 0 aromatic heterocycles. The maximum atomic E-state index is 15.8. The highest BCUT2D eigenvalue weighted by Gasteiger charge is 2.45. The monoisotopic (exact) mass is 702 g/mol. The summed E-state index contributed by atoms with van der Waals surface area (Å²) < 4.78 is 58.4. The van der Waals surface area contributed by atoms with Gasteiger partial charge in [0.2, 0.25) is 9.84 Å². The molecule has 246 valence electrons. The van der Waals surface area contributed by atoms with Crippen molar-refractivity contribution in [3.63, 3.8) is 0 Å². The Hall–Kier alpha value is -6.08. The smallest absolute Gasteiger partial charge is 0.208 e. The zero-order chi connectivity index (χ0) is 34.3. The Morgan fingerprint density at radius 1 is 0.431 bits per heavy atom. The minimum atomic E-state index is -4.20. The lowest BCUT2D eigenvalue weighted by Crippen LogP contribution is -2.36. The van der Waals surface area contributed by atoms with Gasteiger partial charge in [0.25, 0.3) is 0 Å². The summed E-state index contributed by atoms with van der Waals surface area (Å²) in [5.41, 5.74) is 4.28. The van der Waals surface area contributed by atoms with Gasteiger partial charge >= 0.3 is 0 Å². The summed E-state index contributed by atoms with van der Waals surface area (Å²) in [6.45, 7) is 0. The van der Waals surface area contributed by atoms with Crippen molar-refractivity contribution in [2.75, 3.05) is 9.80 Å². The molecule has 0 unspecified atom stereocenters. The number of benzene rings is 7. The number of ether oxygens (including phenoxy) is 2. The Balaban J connectivity index is 1.22. The van der Waals surface area contributed by atoms with Crippen LogP contribution in [-0.2, 0) is 14.4 Å². The summed E-state index contributed by atoms with van der Waals surface area (Å²) in [7, 11) is -7.88. The molecule has 10 rings (SSSR count). The molecule has 3 heterocycles. The van der Waals surface area contributed by atoms with Gasteiger partial charge in [-0.3, -0.25) is 0 Å². The number of nitrogens with zero attached hydrogens (tertiary/aromatic N) is 2. The lowest BCUT2D eigenvalue weighted by molar-refractivity contribution is 0.476. The van der Waals surface area contributed by atoms with Crippen LogP contribution in [0.1, 0.15) is 0 Å². The molecule has 7 aromatic rings. The largest absolute Gasteiger partial charge is 0.453 e. The first kappa shape index (κ1) is 29.8. The van der Waals surface area contributed by atoms with E-state index in [1.54, 1.807) is 24.3 Å². The maximum absolute atomic E-state index is 15.8. The Morgan fingerprint density at radius 3 is 1.18 bits per heavy atom. The standard InChI is InChI=1S/C42H27N2O5PS/c45-50(30-12-2-1-3-13-30)39-24-22-28(43-31-14-4-8-18-35(31)48-36-19-9-5-15-32(36)43)26-41(39)51(46,47)42-27-29(23-25-40(42)50)44-33-16-6-10-20-37(33)49-38-21-11-7-17-34(38)44/h1-27H. The van der Waals surface area contributed by atoms with Crippen molar-refractivity contribution in [1.29, 1.82) is 0 Å². The molecule has 0 saturated heterocycles. The number of para-hydroxylation sites is 8. The first-order valence-electron chi connectivity index (χ1n) is 16.4. The molecule has 0 aliphatic carbocycles. The van der Waals surface area contributed by atoms with E-state index in [2.05, 4.69) is 0 Å². The third kappa shape index (κ3) is 4.30. The van der Waals surface area contributed by atoms with E-state index in [9.17, 15) is 0 Å². The molecule has 0 fully saturated rings. The van der Waals surface area contributed by atoms with E-state index in [-0.39, 0.29) is 20.4 Å². The fourth-order valence-corrected chi connectivity index (χ4v) is 13.1. The van der Waals surface area contributed by atoms with Crippen molar-refractivity contribution in [1.82, 2.24) is 0 Å². The lowest BCUT2D eigenvalue weighted by Gasteiger charge is -2.35. The van der Waals surface area contributed by atoms with Crippen LogP contribution in [0.4, 0.5) is 34.1 Å². The molecule has 3 aliphatic heterocycles. The van der Waals surface area contributed by atoms with Crippen LogP contribution in [0, 0.1) is 0 Å². The van der Waals surface area contributed by atoms with Crippen LogP contribution in [0.2, 0.25) is 0 Å². The van der Waals surface area contributed by atoms with Gasteiger partial charge in [-0.05, 0) is 84.9 Å². The summed E-state index contributed by atoms with van der Waals surface area (Å²) >= 11 is 0. The molecular formula is C42H27N2O5PS. The second-order valence-corrected chi connectivity index (χ2v) is 17.1. The number of hydrogen-bond donors (Lipinski definition) is 0. The van der Waals surface area contributed by atoms with Crippen LogP contribution >= 0.6 is 7.14 Å². The molecule has 0 N–H and O–H groups in total. The van der Waals surface area contributed by atoms with Gasteiger partial charge in [-0.2, -0.15) is 0 Å². The maximum Gasteiger partial charge on any atom is 0.208 e. The Kier molecular flexibility index (Phi) is 6.40. The van der Waals surface area contributed by atoms with E-state index < -0.39 is 17.0 Å². The summed E-state index contributed by atoms with van der Waals surface area (Å²) in [6.07, 6.45) is 0. The fraction of sp³-hybridized carbons (Fsp3) is 0. The first-order valence-corrected chi connectivity index (χ1v) is 19.6. The van der Waals surface area contributed by atoms with E-state index in [1.165, 1.54) is 0 Å². The predicted molar refractivity (Wildman–Crippen MR) is 201 cm³/mol. The second kappa shape index (κ2) is 11.0. The average Bonchev–Trinajstić information content (AvgIpc) is 3.18. The third-order valence-electron chi connectivity index (χ3n) is 9.64. The topological polar surface area (TPSA) is 76.2 Å². The minimum Gasteiger partial charge on any atom is -0.453 e. The van der Waals surface area contributed by atoms with E-state index >= 15 is 13.0 Å². The molecule has 7 aromatic carbocycles. The van der Waals surface area contributed by atoms with Crippen molar-refractivity contribution in [3.05, 3.63) is 164 Å². The number of sulfone groups is 1. The molecule has 0 radical (unpaired) electrons. The number of fused-ring (bicyclic) bond motifs is 6. The molecule has 7 nitrogen and oxygen atoms in total. The van der Waals surface area contributed by atoms with Crippen LogP contribution in [0.5, 0.6) is 23.0 Å².